The minimum absolute atomic E-state index is 0. The van der Waals surface area contributed by atoms with E-state index < -0.39 is 11.9 Å². The minimum Gasteiger partial charge on any atom is -0.399 e. The molecule has 3 heterocycles. The molecule has 1 radical (unpaired) electrons. The third-order valence-corrected chi connectivity index (χ3v) is 10.3. The molecule has 0 fully saturated rings. The first-order chi connectivity index (χ1) is 27.7. The van der Waals surface area contributed by atoms with E-state index in [1.807, 2.05) is 75.1 Å². The van der Waals surface area contributed by atoms with Crippen molar-refractivity contribution in [3.05, 3.63) is 231 Å². The molecule has 1 aliphatic rings. The molecule has 9 heteroatoms. The van der Waals surface area contributed by atoms with E-state index in [0.717, 1.165) is 5.56 Å². The van der Waals surface area contributed by atoms with Crippen molar-refractivity contribution >= 4 is 33.7 Å². The van der Waals surface area contributed by atoms with Gasteiger partial charge >= 0.3 is 0 Å². The summed E-state index contributed by atoms with van der Waals surface area (Å²) in [5.41, 5.74) is 12.8. The van der Waals surface area contributed by atoms with Crippen LogP contribution in [0.1, 0.15) is 31.2 Å². The van der Waals surface area contributed by atoms with Crippen LogP contribution in [0.3, 0.4) is 0 Å². The van der Waals surface area contributed by atoms with Gasteiger partial charge in [-0.1, -0.05) is 158 Å². The van der Waals surface area contributed by atoms with Crippen LogP contribution in [0.5, 0.6) is 0 Å². The predicted molar refractivity (Wildman–Crippen MR) is 232 cm³/mol. The van der Waals surface area contributed by atoms with Crippen LogP contribution < -0.4 is 27.6 Å². The Bertz CT molecular complexity index is 2070. The number of hydrogen-bond acceptors (Lipinski definition) is 4. The van der Waals surface area contributed by atoms with Crippen LogP contribution in [-0.4, -0.2) is 35.5 Å². The van der Waals surface area contributed by atoms with Gasteiger partial charge in [-0.25, -0.2) is 14.0 Å². The molecule has 5 aromatic carbocycles. The molecule has 57 heavy (non-hydrogen) atoms. The van der Waals surface area contributed by atoms with E-state index in [0.29, 0.717) is 5.69 Å². The van der Waals surface area contributed by atoms with Crippen LogP contribution in [0.15, 0.2) is 225 Å². The molecule has 0 atom stereocenters. The fourth-order valence-corrected chi connectivity index (χ4v) is 7.76. The van der Waals surface area contributed by atoms with Gasteiger partial charge in [-0.3, -0.25) is 0 Å². The molecule has 287 valence electrons. The van der Waals surface area contributed by atoms with E-state index in [1.54, 1.807) is 18.6 Å². The first-order valence-electron chi connectivity index (χ1n) is 19.3. The Hall–Kier alpha value is -6.30. The Morgan fingerprint density at radius 3 is 0.965 bits per heavy atom. The van der Waals surface area contributed by atoms with Crippen molar-refractivity contribution in [3.63, 3.8) is 0 Å². The molecule has 0 saturated heterocycles. The summed E-state index contributed by atoms with van der Waals surface area (Å²) >= 11 is 0. The summed E-state index contributed by atoms with van der Waals surface area (Å²) in [7, 11) is 0. The van der Waals surface area contributed by atoms with Gasteiger partial charge in [0.1, 0.15) is 6.15 Å². The van der Waals surface area contributed by atoms with Gasteiger partial charge in [0.05, 0.1) is 0 Å². The predicted octanol–water partition coefficient (Wildman–Crippen LogP) is 7.35. The fourth-order valence-electron chi connectivity index (χ4n) is 7.76. The second-order valence-electron chi connectivity index (χ2n) is 13.7. The summed E-state index contributed by atoms with van der Waals surface area (Å²) in [4.78, 5) is 0. The van der Waals surface area contributed by atoms with Gasteiger partial charge in [-0.15, -0.1) is 0 Å². The average Bonchev–Trinajstić information content (AvgIpc) is 4.08. The number of nitrogens with two attached hydrogens (primary N) is 1. The molecule has 0 aliphatic heterocycles. The second-order valence-corrected chi connectivity index (χ2v) is 13.7. The van der Waals surface area contributed by atoms with E-state index in [4.69, 9.17) is 5.73 Å². The molecule has 2 N–H and O–H groups in total. The molecule has 7 nitrogen and oxygen atoms in total. The molecular formula is C48H47BN7Rh-. The third kappa shape index (κ3) is 8.90. The zero-order chi connectivity index (χ0) is 38.3. The molecule has 0 saturated carbocycles. The number of allylic oxidation sites excluding steroid dienone is 4. The van der Waals surface area contributed by atoms with Crippen LogP contribution in [0, 0.1) is 0 Å². The Morgan fingerprint density at radius 2 is 0.702 bits per heavy atom. The van der Waals surface area contributed by atoms with E-state index in [1.165, 1.54) is 47.5 Å². The molecule has 1 aliphatic carbocycles. The summed E-state index contributed by atoms with van der Waals surface area (Å²) in [6.45, 7) is 0. The second kappa shape index (κ2) is 20.0. The number of rotatable bonds is 8. The largest absolute Gasteiger partial charge is 0.399 e. The molecule has 9 rings (SSSR count). The number of aromatic nitrogens is 6. The fraction of sp³-hybridized carbons (Fsp3) is 0.104. The van der Waals surface area contributed by atoms with Crippen LogP contribution in [0.25, 0.3) is 0 Å². The maximum Gasteiger partial charge on any atom is 0.276 e. The van der Waals surface area contributed by atoms with Crippen molar-refractivity contribution in [2.75, 3.05) is 5.73 Å². The van der Waals surface area contributed by atoms with Crippen LogP contribution in [0.4, 0.5) is 5.69 Å². The molecule has 0 bridgehead atoms. The standard InChI is InChI=1S/C24H20B.C16H15N7.C8H12.Rh/c1-5-13-21(14-6-1)25(22-15-7-2-8-16-22,23-17-9-3-10-18-23)24-19-11-4-12-20-24;17-15-6-4-14(5-7-15)16(21-11-1-8-18-21,22-12-2-9-19-22)23-13-3-10-20-23;1-2-4-6-8-7-5-3-1;/h1-20H;1-13H,17H2;1-2,7-8H,3-6H2;/q-1;;;/b;;2-1-,8-7-;. The van der Waals surface area contributed by atoms with Gasteiger partial charge in [0.2, 0.25) is 0 Å². The van der Waals surface area contributed by atoms with Gasteiger partial charge in [0.15, 0.2) is 0 Å². The van der Waals surface area contributed by atoms with Gasteiger partial charge in [0.25, 0.3) is 5.79 Å². The number of nitrogens with zero attached hydrogens (tertiary/aromatic N) is 6. The van der Waals surface area contributed by atoms with Gasteiger partial charge in [-0.2, -0.15) is 37.1 Å². The van der Waals surface area contributed by atoms with Crippen molar-refractivity contribution < 1.29 is 19.5 Å². The quantitative estimate of drug-likeness (QED) is 0.0988. The summed E-state index contributed by atoms with van der Waals surface area (Å²) < 4.78 is 5.45. The Labute approximate surface area is 348 Å². The zero-order valence-corrected chi connectivity index (χ0v) is 33.5. The van der Waals surface area contributed by atoms with Crippen LogP contribution in [-0.2, 0) is 25.3 Å². The molecule has 0 spiro atoms. The van der Waals surface area contributed by atoms with Crippen molar-refractivity contribution in [2.45, 2.75) is 31.5 Å². The van der Waals surface area contributed by atoms with Crippen molar-refractivity contribution in [2.24, 2.45) is 0 Å². The topological polar surface area (TPSA) is 79.5 Å². The van der Waals surface area contributed by atoms with E-state index >= 15 is 0 Å². The number of hydrogen-bond donors (Lipinski definition) is 1. The first kappa shape index (κ1) is 40.4. The first-order valence-corrected chi connectivity index (χ1v) is 19.3. The monoisotopic (exact) mass is 835 g/mol. The average molecular weight is 836 g/mol. The van der Waals surface area contributed by atoms with E-state index in [9.17, 15) is 0 Å². The molecule has 0 unspecified atom stereocenters. The minimum atomic E-state index is -1.22. The van der Waals surface area contributed by atoms with E-state index in [2.05, 4.69) is 161 Å². The van der Waals surface area contributed by atoms with Crippen molar-refractivity contribution in [1.29, 1.82) is 0 Å². The van der Waals surface area contributed by atoms with Crippen LogP contribution >= 0.6 is 0 Å². The maximum absolute atomic E-state index is 5.86. The Balaban J connectivity index is 0.000000160. The molecule has 8 aromatic rings. The van der Waals surface area contributed by atoms with Crippen molar-refractivity contribution in [1.82, 2.24) is 29.3 Å². The summed E-state index contributed by atoms with van der Waals surface area (Å²) in [5, 5.41) is 13.4. The normalized spacial score (nSPS) is 13.5. The smallest absolute Gasteiger partial charge is 0.276 e. The summed E-state index contributed by atoms with van der Waals surface area (Å²) in [5.74, 6) is -0.885. The zero-order valence-electron chi connectivity index (χ0n) is 31.9. The van der Waals surface area contributed by atoms with Gasteiger partial charge in [-0.05, 0) is 56.0 Å². The Morgan fingerprint density at radius 1 is 0.404 bits per heavy atom. The molecular weight excluding hydrogens is 788 g/mol. The molecule has 0 amide bonds. The van der Waals surface area contributed by atoms with E-state index in [-0.39, 0.29) is 19.5 Å². The number of anilines is 1. The molecule has 3 aromatic heterocycles. The SMILES string of the molecule is C1=C\CC/C=C\CC/1.Nc1ccc(C(n2cccn2)(n2cccn2)n2cccn2)cc1.[Rh].c1ccc([B-](c2ccccc2)(c2ccccc2)c2ccccc2)cc1. The Kier molecular flexibility index (Phi) is 14.2. The maximum atomic E-state index is 5.86. The number of nitrogen functional groups attached to an aromatic ring is 1. The van der Waals surface area contributed by atoms with Crippen LogP contribution in [0.2, 0.25) is 0 Å². The van der Waals surface area contributed by atoms with Crippen molar-refractivity contribution in [3.8, 4) is 0 Å². The van der Waals surface area contributed by atoms with Gasteiger partial charge in [0, 0.05) is 67.9 Å². The number of benzene rings is 5. The van der Waals surface area contributed by atoms with Gasteiger partial charge < -0.3 is 5.73 Å². The summed E-state index contributed by atoms with van der Waals surface area (Å²) in [6.07, 6.45) is 23.7. The third-order valence-electron chi connectivity index (χ3n) is 10.3. The summed E-state index contributed by atoms with van der Waals surface area (Å²) in [6, 6.07) is 56.8.